The molecule has 1 atom stereocenters. The summed E-state index contributed by atoms with van der Waals surface area (Å²) in [5.41, 5.74) is 1.84. The van der Waals surface area contributed by atoms with Crippen LogP contribution in [0.3, 0.4) is 0 Å². The molecule has 1 aliphatic rings. The zero-order chi connectivity index (χ0) is 18.7. The van der Waals surface area contributed by atoms with Crippen molar-refractivity contribution in [3.8, 4) is 5.75 Å². The van der Waals surface area contributed by atoms with Crippen LogP contribution >= 0.6 is 0 Å². The third kappa shape index (κ3) is 3.87. The van der Waals surface area contributed by atoms with Crippen molar-refractivity contribution < 1.29 is 18.3 Å². The molecule has 3 nitrogen and oxygen atoms in total. The van der Waals surface area contributed by atoms with Gasteiger partial charge in [0.25, 0.3) is 0 Å². The van der Waals surface area contributed by atoms with Gasteiger partial charge in [0.15, 0.2) is 0 Å². The molecule has 3 rings (SSSR count). The van der Waals surface area contributed by atoms with Crippen LogP contribution in [0.25, 0.3) is 0 Å². The van der Waals surface area contributed by atoms with E-state index in [1.165, 1.54) is 23.8 Å². The van der Waals surface area contributed by atoms with Crippen LogP contribution in [0.5, 0.6) is 5.75 Å². The molecule has 5 heteroatoms. The third-order valence-electron chi connectivity index (χ3n) is 4.21. The van der Waals surface area contributed by atoms with Crippen LogP contribution in [0.15, 0.2) is 41.4 Å². The Morgan fingerprint density at radius 3 is 2.58 bits per heavy atom. The average Bonchev–Trinajstić information content (AvgIpc) is 3.04. The maximum absolute atomic E-state index is 14.0. The lowest BCUT2D eigenvalue weighted by molar-refractivity contribution is 0.305. The summed E-state index contributed by atoms with van der Waals surface area (Å²) in [4.78, 5) is 4.42. The van der Waals surface area contributed by atoms with Gasteiger partial charge in [0.1, 0.15) is 35.6 Å². The van der Waals surface area contributed by atoms with Crippen LogP contribution in [0.1, 0.15) is 43.5 Å². The van der Waals surface area contributed by atoms with Crippen LogP contribution in [-0.2, 0) is 11.2 Å². The van der Waals surface area contributed by atoms with E-state index in [1.54, 1.807) is 0 Å². The smallest absolute Gasteiger partial charge is 0.222 e. The summed E-state index contributed by atoms with van der Waals surface area (Å²) < 4.78 is 39.3. The maximum Gasteiger partial charge on any atom is 0.222 e. The quantitative estimate of drug-likeness (QED) is 0.720. The molecule has 2 aromatic rings. The second kappa shape index (κ2) is 7.85. The highest BCUT2D eigenvalue weighted by atomic mass is 19.1. The number of hydrogen-bond acceptors (Lipinski definition) is 3. The molecule has 0 N–H and O–H groups in total. The van der Waals surface area contributed by atoms with Crippen LogP contribution in [0.4, 0.5) is 8.78 Å². The predicted molar refractivity (Wildman–Crippen MR) is 97.7 cm³/mol. The Morgan fingerprint density at radius 2 is 1.92 bits per heavy atom. The van der Waals surface area contributed by atoms with Crippen molar-refractivity contribution >= 4 is 5.90 Å². The van der Waals surface area contributed by atoms with Crippen molar-refractivity contribution in [2.24, 2.45) is 10.9 Å². The van der Waals surface area contributed by atoms with Crippen LogP contribution < -0.4 is 4.74 Å². The SMILES string of the molecule is CCOc1cc(CC(C)C)ccc1C1COC(c2c(F)cccc2F)=N1. The van der Waals surface area contributed by atoms with Gasteiger partial charge in [-0.05, 0) is 43.0 Å². The van der Waals surface area contributed by atoms with Gasteiger partial charge in [0.2, 0.25) is 5.90 Å². The first-order valence-electron chi connectivity index (χ1n) is 8.90. The topological polar surface area (TPSA) is 30.8 Å². The molecule has 26 heavy (non-hydrogen) atoms. The Balaban J connectivity index is 1.93. The van der Waals surface area contributed by atoms with Crippen molar-refractivity contribution in [2.45, 2.75) is 33.2 Å². The van der Waals surface area contributed by atoms with Crippen molar-refractivity contribution in [1.29, 1.82) is 0 Å². The Morgan fingerprint density at radius 1 is 1.19 bits per heavy atom. The zero-order valence-corrected chi connectivity index (χ0v) is 15.3. The molecule has 1 aliphatic heterocycles. The molecular formula is C21H23F2NO2. The van der Waals surface area contributed by atoms with E-state index in [4.69, 9.17) is 9.47 Å². The lowest BCUT2D eigenvalue weighted by atomic mass is 9.99. The van der Waals surface area contributed by atoms with Gasteiger partial charge >= 0.3 is 0 Å². The molecule has 2 aromatic carbocycles. The lowest BCUT2D eigenvalue weighted by Gasteiger charge is -2.15. The van der Waals surface area contributed by atoms with E-state index in [2.05, 4.69) is 24.9 Å². The Kier molecular flexibility index (Phi) is 5.55. The fourth-order valence-corrected chi connectivity index (χ4v) is 3.11. The summed E-state index contributed by atoms with van der Waals surface area (Å²) in [6.45, 7) is 7.02. The van der Waals surface area contributed by atoms with Crippen molar-refractivity contribution in [1.82, 2.24) is 0 Å². The number of nitrogens with zero attached hydrogens (tertiary/aromatic N) is 1. The molecule has 138 valence electrons. The predicted octanol–water partition coefficient (Wildman–Crippen LogP) is 5.08. The van der Waals surface area contributed by atoms with E-state index in [-0.39, 0.29) is 24.1 Å². The third-order valence-corrected chi connectivity index (χ3v) is 4.21. The Hall–Kier alpha value is -2.43. The largest absolute Gasteiger partial charge is 0.494 e. The standard InChI is InChI=1S/C21H23F2NO2/c1-4-25-19-11-14(10-13(2)3)8-9-15(19)18-12-26-21(24-18)20-16(22)6-5-7-17(20)23/h5-9,11,13,18H,4,10,12H2,1-3H3. The van der Waals surface area contributed by atoms with E-state index in [1.807, 2.05) is 19.1 Å². The van der Waals surface area contributed by atoms with Gasteiger partial charge in [0.05, 0.1) is 6.61 Å². The number of aliphatic imine (C=N–C) groups is 1. The lowest BCUT2D eigenvalue weighted by Crippen LogP contribution is -2.07. The summed E-state index contributed by atoms with van der Waals surface area (Å²) in [5.74, 6) is -0.0696. The van der Waals surface area contributed by atoms with Crippen molar-refractivity contribution in [3.63, 3.8) is 0 Å². The first kappa shape index (κ1) is 18.4. The molecule has 0 spiro atoms. The molecule has 0 aliphatic carbocycles. The molecule has 1 heterocycles. The Bertz CT molecular complexity index is 797. The summed E-state index contributed by atoms with van der Waals surface area (Å²) in [5, 5.41) is 0. The normalized spacial score (nSPS) is 16.5. The number of hydrogen-bond donors (Lipinski definition) is 0. The monoisotopic (exact) mass is 359 g/mol. The first-order valence-corrected chi connectivity index (χ1v) is 8.90. The van der Waals surface area contributed by atoms with E-state index in [0.717, 1.165) is 17.7 Å². The first-order chi connectivity index (χ1) is 12.5. The van der Waals surface area contributed by atoms with Gasteiger partial charge in [0, 0.05) is 5.56 Å². The number of rotatable bonds is 6. The van der Waals surface area contributed by atoms with E-state index in [9.17, 15) is 8.78 Å². The molecule has 0 aromatic heterocycles. The summed E-state index contributed by atoms with van der Waals surface area (Å²) in [7, 11) is 0. The van der Waals surface area contributed by atoms with Gasteiger partial charge in [-0.25, -0.2) is 13.8 Å². The molecule has 1 unspecified atom stereocenters. The minimum absolute atomic E-state index is 0.000643. The average molecular weight is 359 g/mol. The molecule has 0 radical (unpaired) electrons. The van der Waals surface area contributed by atoms with Crippen molar-refractivity contribution in [2.75, 3.05) is 13.2 Å². The van der Waals surface area contributed by atoms with E-state index in [0.29, 0.717) is 12.5 Å². The number of ether oxygens (including phenoxy) is 2. The van der Waals surface area contributed by atoms with Crippen LogP contribution in [-0.4, -0.2) is 19.1 Å². The minimum atomic E-state index is -0.679. The summed E-state index contributed by atoms with van der Waals surface area (Å²) in [6.07, 6.45) is 0.955. The van der Waals surface area contributed by atoms with Crippen LogP contribution in [0.2, 0.25) is 0 Å². The molecule has 0 saturated heterocycles. The highest BCUT2D eigenvalue weighted by Gasteiger charge is 2.28. The van der Waals surface area contributed by atoms with Gasteiger partial charge in [-0.2, -0.15) is 0 Å². The van der Waals surface area contributed by atoms with Gasteiger partial charge in [-0.3, -0.25) is 0 Å². The van der Waals surface area contributed by atoms with Crippen LogP contribution in [0, 0.1) is 17.6 Å². The summed E-state index contributed by atoms with van der Waals surface area (Å²) in [6, 6.07) is 9.42. The van der Waals surface area contributed by atoms with Crippen molar-refractivity contribution in [3.05, 3.63) is 64.7 Å². The number of benzene rings is 2. The highest BCUT2D eigenvalue weighted by molar-refractivity contribution is 5.95. The second-order valence-electron chi connectivity index (χ2n) is 6.76. The molecule has 0 amide bonds. The second-order valence-corrected chi connectivity index (χ2v) is 6.76. The van der Waals surface area contributed by atoms with E-state index >= 15 is 0 Å². The molecule has 0 bridgehead atoms. The maximum atomic E-state index is 14.0. The molecule has 0 fully saturated rings. The van der Waals surface area contributed by atoms with Gasteiger partial charge < -0.3 is 9.47 Å². The summed E-state index contributed by atoms with van der Waals surface area (Å²) >= 11 is 0. The van der Waals surface area contributed by atoms with E-state index < -0.39 is 11.6 Å². The van der Waals surface area contributed by atoms with Gasteiger partial charge in [-0.1, -0.05) is 32.0 Å². The fourth-order valence-electron chi connectivity index (χ4n) is 3.11. The molecule has 0 saturated carbocycles. The fraction of sp³-hybridized carbons (Fsp3) is 0.381. The zero-order valence-electron chi connectivity index (χ0n) is 15.3. The molecular weight excluding hydrogens is 336 g/mol. The minimum Gasteiger partial charge on any atom is -0.494 e. The highest BCUT2D eigenvalue weighted by Crippen LogP contribution is 2.34. The van der Waals surface area contributed by atoms with Gasteiger partial charge in [-0.15, -0.1) is 0 Å². The number of halogens is 2. The Labute approximate surface area is 152 Å².